The molecule has 2 aromatic heterocycles. The van der Waals surface area contributed by atoms with E-state index in [1.807, 2.05) is 6.07 Å². The highest BCUT2D eigenvalue weighted by Crippen LogP contribution is 2.41. The van der Waals surface area contributed by atoms with Gasteiger partial charge >= 0.3 is 0 Å². The molecule has 1 aliphatic heterocycles. The third-order valence-electron chi connectivity index (χ3n) is 5.83. The van der Waals surface area contributed by atoms with Crippen molar-refractivity contribution in [2.45, 2.75) is 44.1 Å². The minimum atomic E-state index is -0.291. The van der Waals surface area contributed by atoms with Crippen LogP contribution in [-0.2, 0) is 6.54 Å². The molecule has 0 radical (unpaired) electrons. The molecule has 5 rings (SSSR count). The van der Waals surface area contributed by atoms with Crippen LogP contribution in [0.2, 0.25) is 0 Å². The van der Waals surface area contributed by atoms with Gasteiger partial charge in [-0.15, -0.1) is 0 Å². The molecule has 2 fully saturated rings. The zero-order valence-electron chi connectivity index (χ0n) is 16.1. The summed E-state index contributed by atoms with van der Waals surface area (Å²) in [5, 5.41) is 11.4. The lowest BCUT2D eigenvalue weighted by Crippen LogP contribution is -2.27. The second-order valence-corrected chi connectivity index (χ2v) is 7.95. The number of carbonyl (C=O) groups is 1. The first-order chi connectivity index (χ1) is 14.2. The van der Waals surface area contributed by atoms with Crippen molar-refractivity contribution < 1.29 is 13.7 Å². The molecule has 1 aliphatic carbocycles. The Morgan fingerprint density at radius 3 is 2.62 bits per heavy atom. The highest BCUT2D eigenvalue weighted by atomic mass is 19.1. The Morgan fingerprint density at radius 2 is 1.90 bits per heavy atom. The van der Waals surface area contributed by atoms with Crippen molar-refractivity contribution in [3.63, 3.8) is 0 Å². The molecule has 1 aromatic carbocycles. The van der Waals surface area contributed by atoms with Gasteiger partial charge in [-0.3, -0.25) is 4.79 Å². The number of piperidine rings is 1. The average Bonchev–Trinajstić information content (AvgIpc) is 3.52. The van der Waals surface area contributed by atoms with Crippen LogP contribution in [0.25, 0.3) is 11.1 Å². The van der Waals surface area contributed by atoms with Crippen molar-refractivity contribution in [3.05, 3.63) is 58.7 Å². The lowest BCUT2D eigenvalue weighted by Gasteiger charge is -2.21. The Bertz CT molecular complexity index is 1040. The van der Waals surface area contributed by atoms with E-state index in [0.717, 1.165) is 61.1 Å². The molecule has 6 nitrogen and oxygen atoms in total. The number of nitrogens with zero attached hydrogens (tertiary/aromatic N) is 2. The largest absolute Gasteiger partial charge is 0.348 e. The van der Waals surface area contributed by atoms with Crippen LogP contribution in [0.1, 0.15) is 64.8 Å². The molecule has 0 atom stereocenters. The highest BCUT2D eigenvalue weighted by molar-refractivity contribution is 6.06. The fourth-order valence-electron chi connectivity index (χ4n) is 4.01. The highest BCUT2D eigenvalue weighted by Gasteiger charge is 2.31. The van der Waals surface area contributed by atoms with Gasteiger partial charge in [0.1, 0.15) is 5.82 Å². The summed E-state index contributed by atoms with van der Waals surface area (Å²) in [4.78, 5) is 17.8. The van der Waals surface area contributed by atoms with Gasteiger partial charge in [0.05, 0.1) is 16.6 Å². The van der Waals surface area contributed by atoms with Crippen molar-refractivity contribution in [1.29, 1.82) is 0 Å². The number of halogens is 1. The van der Waals surface area contributed by atoms with E-state index >= 15 is 0 Å². The van der Waals surface area contributed by atoms with Crippen LogP contribution < -0.4 is 10.6 Å². The van der Waals surface area contributed by atoms with Crippen molar-refractivity contribution in [1.82, 2.24) is 20.8 Å². The topological polar surface area (TPSA) is 80.1 Å². The van der Waals surface area contributed by atoms with E-state index in [1.165, 1.54) is 12.1 Å². The van der Waals surface area contributed by atoms with Gasteiger partial charge in [0, 0.05) is 24.1 Å². The maximum atomic E-state index is 13.1. The molecule has 0 unspecified atom stereocenters. The van der Waals surface area contributed by atoms with E-state index in [-0.39, 0.29) is 17.6 Å². The predicted molar refractivity (Wildman–Crippen MR) is 106 cm³/mol. The zero-order valence-corrected chi connectivity index (χ0v) is 16.1. The number of fused-ring (bicyclic) bond motifs is 1. The summed E-state index contributed by atoms with van der Waals surface area (Å²) in [5.41, 5.74) is 3.61. The van der Waals surface area contributed by atoms with Crippen LogP contribution in [0.3, 0.4) is 0 Å². The van der Waals surface area contributed by atoms with Crippen LogP contribution in [0, 0.1) is 5.82 Å². The van der Waals surface area contributed by atoms with E-state index in [1.54, 1.807) is 12.1 Å². The number of nitrogens with one attached hydrogen (secondary N) is 2. The first kappa shape index (κ1) is 18.2. The number of hydrogen-bond acceptors (Lipinski definition) is 5. The molecule has 29 heavy (non-hydrogen) atoms. The molecule has 0 bridgehead atoms. The molecule has 7 heteroatoms. The smallest absolute Gasteiger partial charge is 0.259 e. The first-order valence-electron chi connectivity index (χ1n) is 10.2. The van der Waals surface area contributed by atoms with E-state index < -0.39 is 0 Å². The molecule has 2 aliphatic rings. The van der Waals surface area contributed by atoms with Gasteiger partial charge in [0.15, 0.2) is 0 Å². The first-order valence-corrected chi connectivity index (χ1v) is 10.2. The van der Waals surface area contributed by atoms with Crippen LogP contribution >= 0.6 is 0 Å². The summed E-state index contributed by atoms with van der Waals surface area (Å²) in [5.74, 6) is 0.188. The lowest BCUT2D eigenvalue weighted by atomic mass is 9.91. The molecule has 1 amide bonds. The lowest BCUT2D eigenvalue weighted by molar-refractivity contribution is 0.0952. The number of rotatable bonds is 5. The molecule has 3 aromatic rings. The monoisotopic (exact) mass is 394 g/mol. The van der Waals surface area contributed by atoms with Gasteiger partial charge in [-0.25, -0.2) is 9.37 Å². The quantitative estimate of drug-likeness (QED) is 0.691. The number of carbonyl (C=O) groups excluding carboxylic acids is 1. The average molecular weight is 394 g/mol. The Labute approximate surface area is 167 Å². The normalized spacial score (nSPS) is 17.6. The zero-order chi connectivity index (χ0) is 19.8. The summed E-state index contributed by atoms with van der Waals surface area (Å²) in [6.07, 6.45) is 4.10. The molecular weight excluding hydrogens is 371 g/mol. The fraction of sp³-hybridized carbons (Fsp3) is 0.409. The molecule has 150 valence electrons. The van der Waals surface area contributed by atoms with Gasteiger partial charge < -0.3 is 15.2 Å². The predicted octanol–water partition coefficient (Wildman–Crippen LogP) is 3.64. The minimum absolute atomic E-state index is 0.179. The van der Waals surface area contributed by atoms with E-state index in [2.05, 4.69) is 20.8 Å². The summed E-state index contributed by atoms with van der Waals surface area (Å²) in [6, 6.07) is 8.04. The van der Waals surface area contributed by atoms with E-state index in [0.29, 0.717) is 23.7 Å². The maximum absolute atomic E-state index is 13.1. The Kier molecular flexibility index (Phi) is 4.75. The van der Waals surface area contributed by atoms with Gasteiger partial charge in [-0.2, -0.15) is 0 Å². The van der Waals surface area contributed by atoms with Crippen molar-refractivity contribution in [2.24, 2.45) is 0 Å². The van der Waals surface area contributed by atoms with E-state index in [9.17, 15) is 9.18 Å². The summed E-state index contributed by atoms with van der Waals surface area (Å²) in [6.45, 7) is 2.19. The molecule has 1 saturated carbocycles. The Balaban J connectivity index is 1.48. The van der Waals surface area contributed by atoms with Crippen LogP contribution in [0.15, 0.2) is 34.9 Å². The third kappa shape index (κ3) is 3.74. The summed E-state index contributed by atoms with van der Waals surface area (Å²) < 4.78 is 18.7. The van der Waals surface area contributed by atoms with Crippen LogP contribution in [0.4, 0.5) is 4.39 Å². The minimum Gasteiger partial charge on any atom is -0.348 e. The van der Waals surface area contributed by atoms with Crippen molar-refractivity contribution in [2.75, 3.05) is 13.1 Å². The second-order valence-electron chi connectivity index (χ2n) is 7.95. The van der Waals surface area contributed by atoms with Crippen LogP contribution in [-0.4, -0.2) is 29.1 Å². The van der Waals surface area contributed by atoms with Gasteiger partial charge in [-0.1, -0.05) is 17.3 Å². The maximum Gasteiger partial charge on any atom is 0.259 e. The molecule has 0 spiro atoms. The number of benzene rings is 1. The fourth-order valence-corrected chi connectivity index (χ4v) is 4.01. The third-order valence-corrected chi connectivity index (χ3v) is 5.83. The number of pyridine rings is 1. The molecule has 3 heterocycles. The Morgan fingerprint density at radius 1 is 1.14 bits per heavy atom. The number of hydrogen-bond donors (Lipinski definition) is 2. The standard InChI is InChI=1S/C22H23FN4O2/c23-16-5-1-13(2-6-16)12-25-21(28)17-11-18(14-3-4-14)26-22-19(17)20(27-29-22)15-7-9-24-10-8-15/h1-2,5-6,11,14-15,24H,3-4,7-10,12H2,(H,25,28). The van der Waals surface area contributed by atoms with Gasteiger partial charge in [0.2, 0.25) is 0 Å². The SMILES string of the molecule is O=C(NCc1ccc(F)cc1)c1cc(C2CC2)nc2onc(C3CCNCC3)c12. The Hall–Kier alpha value is -2.80. The molecular formula is C22H23FN4O2. The molecule has 1 saturated heterocycles. The van der Waals surface area contributed by atoms with Crippen molar-refractivity contribution in [3.8, 4) is 0 Å². The second kappa shape index (κ2) is 7.55. The van der Waals surface area contributed by atoms with Gasteiger partial charge in [0.25, 0.3) is 11.6 Å². The molecule has 2 N–H and O–H groups in total. The summed E-state index contributed by atoms with van der Waals surface area (Å²) in [7, 11) is 0. The van der Waals surface area contributed by atoms with Crippen LogP contribution in [0.5, 0.6) is 0 Å². The van der Waals surface area contributed by atoms with Crippen molar-refractivity contribution >= 4 is 17.0 Å². The summed E-state index contributed by atoms with van der Waals surface area (Å²) >= 11 is 0. The van der Waals surface area contributed by atoms with Gasteiger partial charge in [-0.05, 0) is 62.5 Å². The number of amides is 1. The van der Waals surface area contributed by atoms with E-state index in [4.69, 9.17) is 4.52 Å². The number of aromatic nitrogens is 2.